The summed E-state index contributed by atoms with van der Waals surface area (Å²) in [6, 6.07) is 0.0889. The normalized spacial score (nSPS) is 13.6. The molecule has 1 aromatic rings. The lowest BCUT2D eigenvalue weighted by atomic mass is 10.1. The zero-order chi connectivity index (χ0) is 15.5. The van der Waals surface area contributed by atoms with Crippen molar-refractivity contribution in [2.24, 2.45) is 5.92 Å². The summed E-state index contributed by atoms with van der Waals surface area (Å²) >= 11 is 3.03. The molecule has 0 saturated carbocycles. The van der Waals surface area contributed by atoms with Crippen LogP contribution in [-0.2, 0) is 6.54 Å². The van der Waals surface area contributed by atoms with E-state index in [0.717, 1.165) is 6.42 Å². The average Bonchev–Trinajstić information content (AvgIpc) is 2.26. The van der Waals surface area contributed by atoms with Gasteiger partial charge in [-0.25, -0.2) is 4.68 Å². The number of nitrogens with one attached hydrogen (secondary N) is 1. The third-order valence-corrected chi connectivity index (χ3v) is 3.31. The average molecular weight is 356 g/mol. The van der Waals surface area contributed by atoms with Crippen LogP contribution in [0.5, 0.6) is 0 Å². The second-order valence-corrected chi connectivity index (χ2v) is 5.92. The van der Waals surface area contributed by atoms with E-state index in [2.05, 4.69) is 40.2 Å². The van der Waals surface area contributed by atoms with Gasteiger partial charge in [0.15, 0.2) is 0 Å². The molecule has 0 amide bonds. The predicted molar refractivity (Wildman–Crippen MR) is 74.8 cm³/mol. The van der Waals surface area contributed by atoms with Crippen molar-refractivity contribution in [2.75, 3.05) is 5.32 Å². The van der Waals surface area contributed by atoms with Gasteiger partial charge in [-0.2, -0.15) is 18.3 Å². The van der Waals surface area contributed by atoms with Gasteiger partial charge in [-0.3, -0.25) is 4.79 Å². The molecule has 0 saturated heterocycles. The number of alkyl halides is 3. The first-order chi connectivity index (χ1) is 9.10. The van der Waals surface area contributed by atoms with Gasteiger partial charge in [0.2, 0.25) is 0 Å². The summed E-state index contributed by atoms with van der Waals surface area (Å²) in [6.07, 6.45) is -2.37. The predicted octanol–water partition coefficient (Wildman–Crippen LogP) is 3.41. The third kappa shape index (κ3) is 5.15. The van der Waals surface area contributed by atoms with Gasteiger partial charge >= 0.3 is 6.18 Å². The summed E-state index contributed by atoms with van der Waals surface area (Å²) in [6.45, 7) is 4.67. The Bertz CT molecular complexity index is 514. The van der Waals surface area contributed by atoms with Gasteiger partial charge < -0.3 is 5.32 Å². The van der Waals surface area contributed by atoms with E-state index in [-0.39, 0.29) is 10.5 Å². The minimum absolute atomic E-state index is 0.0624. The molecular formula is C12H17BrF3N3O. The molecule has 1 unspecified atom stereocenters. The van der Waals surface area contributed by atoms with Crippen molar-refractivity contribution >= 4 is 21.6 Å². The lowest BCUT2D eigenvalue weighted by Crippen LogP contribution is -2.31. The highest BCUT2D eigenvalue weighted by Gasteiger charge is 2.29. The highest BCUT2D eigenvalue weighted by molar-refractivity contribution is 9.10. The van der Waals surface area contributed by atoms with Crippen LogP contribution in [0, 0.1) is 5.92 Å². The summed E-state index contributed by atoms with van der Waals surface area (Å²) in [4.78, 5) is 11.8. The second kappa shape index (κ2) is 6.60. The Morgan fingerprint density at radius 1 is 1.40 bits per heavy atom. The van der Waals surface area contributed by atoms with Crippen LogP contribution in [0.3, 0.4) is 0 Å². The number of rotatable bonds is 5. The topological polar surface area (TPSA) is 46.9 Å². The van der Waals surface area contributed by atoms with E-state index in [9.17, 15) is 18.0 Å². The molecule has 8 heteroatoms. The Morgan fingerprint density at radius 3 is 2.50 bits per heavy atom. The van der Waals surface area contributed by atoms with Crippen molar-refractivity contribution < 1.29 is 13.2 Å². The van der Waals surface area contributed by atoms with Crippen molar-refractivity contribution in [3.63, 3.8) is 0 Å². The van der Waals surface area contributed by atoms with Crippen LogP contribution in [0.2, 0.25) is 0 Å². The fourth-order valence-electron chi connectivity index (χ4n) is 1.88. The highest BCUT2D eigenvalue weighted by atomic mass is 79.9. The Balaban J connectivity index is 2.92. The van der Waals surface area contributed by atoms with E-state index in [1.807, 2.05) is 6.92 Å². The fraction of sp³-hybridized carbons (Fsp3) is 0.667. The Hall–Kier alpha value is -1.05. The van der Waals surface area contributed by atoms with E-state index in [1.54, 1.807) is 0 Å². The molecule has 0 bridgehead atoms. The minimum atomic E-state index is -4.48. The molecule has 0 aromatic carbocycles. The van der Waals surface area contributed by atoms with Gasteiger partial charge in [0.25, 0.3) is 5.56 Å². The number of halogens is 4. The summed E-state index contributed by atoms with van der Waals surface area (Å²) in [5.74, 6) is 0.467. The molecule has 20 heavy (non-hydrogen) atoms. The van der Waals surface area contributed by atoms with Gasteiger partial charge in [0.05, 0.1) is 11.9 Å². The van der Waals surface area contributed by atoms with E-state index >= 15 is 0 Å². The van der Waals surface area contributed by atoms with Crippen LogP contribution >= 0.6 is 15.9 Å². The van der Waals surface area contributed by atoms with Crippen molar-refractivity contribution in [1.29, 1.82) is 0 Å². The lowest BCUT2D eigenvalue weighted by molar-refractivity contribution is -0.143. The number of hydrogen-bond acceptors (Lipinski definition) is 3. The number of aromatic nitrogens is 2. The summed E-state index contributed by atoms with van der Waals surface area (Å²) in [7, 11) is 0. The molecule has 1 aromatic heterocycles. The van der Waals surface area contributed by atoms with Gasteiger partial charge in [0, 0.05) is 6.04 Å². The Labute approximate surface area is 123 Å². The molecular weight excluding hydrogens is 339 g/mol. The molecule has 0 aliphatic rings. The van der Waals surface area contributed by atoms with Crippen LogP contribution in [0.15, 0.2) is 15.5 Å². The second-order valence-electron chi connectivity index (χ2n) is 5.13. The number of nitrogens with zero attached hydrogens (tertiary/aromatic N) is 2. The quantitative estimate of drug-likeness (QED) is 0.880. The standard InChI is InChI=1S/C12H17BrF3N3O/c1-7(2)4-8(3)18-9-5-17-19(6-12(14,15)16)11(20)10(9)13/h5,7-8,18H,4,6H2,1-3H3. The van der Waals surface area contributed by atoms with Crippen molar-refractivity contribution in [2.45, 2.75) is 46.0 Å². The van der Waals surface area contributed by atoms with Gasteiger partial charge in [-0.05, 0) is 35.2 Å². The summed E-state index contributed by atoms with van der Waals surface area (Å²) < 4.78 is 37.3. The first-order valence-electron chi connectivity index (χ1n) is 6.19. The molecule has 4 nitrogen and oxygen atoms in total. The van der Waals surface area contributed by atoms with E-state index in [0.29, 0.717) is 16.3 Å². The van der Waals surface area contributed by atoms with Gasteiger partial charge in [0.1, 0.15) is 11.0 Å². The molecule has 0 radical (unpaired) electrons. The lowest BCUT2D eigenvalue weighted by Gasteiger charge is -2.18. The zero-order valence-electron chi connectivity index (χ0n) is 11.5. The monoisotopic (exact) mass is 355 g/mol. The van der Waals surface area contributed by atoms with Crippen LogP contribution in [0.1, 0.15) is 27.2 Å². The largest absolute Gasteiger partial charge is 0.408 e. The van der Waals surface area contributed by atoms with Crippen molar-refractivity contribution in [3.05, 3.63) is 21.0 Å². The molecule has 1 rings (SSSR count). The third-order valence-electron chi connectivity index (χ3n) is 2.54. The van der Waals surface area contributed by atoms with Crippen LogP contribution in [0.4, 0.5) is 18.9 Å². The SMILES string of the molecule is CC(C)CC(C)Nc1cnn(CC(F)(F)F)c(=O)c1Br. The van der Waals surface area contributed by atoms with E-state index in [4.69, 9.17) is 0 Å². The first kappa shape index (κ1) is 17.0. The maximum atomic E-state index is 12.3. The molecule has 114 valence electrons. The molecule has 0 aliphatic heterocycles. The fourth-order valence-corrected chi connectivity index (χ4v) is 2.30. The Morgan fingerprint density at radius 2 is 2.00 bits per heavy atom. The van der Waals surface area contributed by atoms with Crippen molar-refractivity contribution in [1.82, 2.24) is 9.78 Å². The summed E-state index contributed by atoms with van der Waals surface area (Å²) in [5, 5.41) is 6.62. The molecule has 0 fully saturated rings. The van der Waals surface area contributed by atoms with Gasteiger partial charge in [-0.1, -0.05) is 13.8 Å². The molecule has 1 heterocycles. The zero-order valence-corrected chi connectivity index (χ0v) is 13.0. The van der Waals surface area contributed by atoms with E-state index in [1.165, 1.54) is 6.20 Å². The maximum Gasteiger partial charge on any atom is 0.408 e. The van der Waals surface area contributed by atoms with Crippen LogP contribution in [-0.4, -0.2) is 22.0 Å². The number of anilines is 1. The van der Waals surface area contributed by atoms with Gasteiger partial charge in [-0.15, -0.1) is 0 Å². The van der Waals surface area contributed by atoms with Crippen LogP contribution < -0.4 is 10.9 Å². The maximum absolute atomic E-state index is 12.3. The minimum Gasteiger partial charge on any atom is -0.380 e. The van der Waals surface area contributed by atoms with Crippen molar-refractivity contribution in [3.8, 4) is 0 Å². The van der Waals surface area contributed by atoms with E-state index < -0.39 is 18.3 Å². The molecule has 1 atom stereocenters. The number of hydrogen-bond donors (Lipinski definition) is 1. The smallest absolute Gasteiger partial charge is 0.380 e. The summed E-state index contributed by atoms with van der Waals surface area (Å²) in [5.41, 5.74) is -0.398. The first-order valence-corrected chi connectivity index (χ1v) is 6.98. The highest BCUT2D eigenvalue weighted by Crippen LogP contribution is 2.21. The Kier molecular flexibility index (Phi) is 5.61. The molecule has 1 N–H and O–H groups in total. The van der Waals surface area contributed by atoms with Crippen LogP contribution in [0.25, 0.3) is 0 Å². The molecule has 0 spiro atoms. The molecule has 0 aliphatic carbocycles.